The predicted molar refractivity (Wildman–Crippen MR) is 135 cm³/mol. The first kappa shape index (κ1) is 27.5. The van der Waals surface area contributed by atoms with Gasteiger partial charge in [-0.1, -0.05) is 34.6 Å². The number of hydrogen-bond acceptors (Lipinski definition) is 7. The number of aromatic nitrogens is 1. The van der Waals surface area contributed by atoms with E-state index in [1.807, 2.05) is 27.7 Å². The standard InChI is InChI=1S/C25H40N4O5S/c1-14(31)26-9-10-27-19(33)11-15-20-16(35-22(28-20)29-21(34)23(2,3)4)12-17-24(15,5)8-7-18(32)25(17,6)13-30/h15,17-18,30,32H,7-13H2,1-6H3,(H,26,31)(H,27,33)(H,28,29,34). The molecule has 0 radical (unpaired) electrons. The molecule has 0 bridgehead atoms. The molecular formula is C25H40N4O5S. The lowest BCUT2D eigenvalue weighted by molar-refractivity contribution is -0.144. The summed E-state index contributed by atoms with van der Waals surface area (Å²) in [6.45, 7) is 11.6. The Labute approximate surface area is 211 Å². The number of aliphatic hydroxyl groups excluding tert-OH is 2. The molecule has 2 aliphatic carbocycles. The number of carbonyl (C=O) groups excluding carboxylic acids is 3. The average Bonchev–Trinajstić information content (AvgIpc) is 3.17. The Morgan fingerprint density at radius 2 is 1.83 bits per heavy atom. The zero-order valence-electron chi connectivity index (χ0n) is 21.7. The van der Waals surface area contributed by atoms with E-state index >= 15 is 0 Å². The highest BCUT2D eigenvalue weighted by atomic mass is 32.1. The van der Waals surface area contributed by atoms with Gasteiger partial charge in [0.2, 0.25) is 17.7 Å². The second-order valence-corrected chi connectivity index (χ2v) is 12.7. The molecule has 3 rings (SSSR count). The van der Waals surface area contributed by atoms with Crippen molar-refractivity contribution in [2.24, 2.45) is 22.2 Å². The Morgan fingerprint density at radius 1 is 1.17 bits per heavy atom. The topological polar surface area (TPSA) is 141 Å². The highest BCUT2D eigenvalue weighted by molar-refractivity contribution is 7.15. The van der Waals surface area contributed by atoms with E-state index in [4.69, 9.17) is 4.98 Å². The Morgan fingerprint density at radius 3 is 2.43 bits per heavy atom. The van der Waals surface area contributed by atoms with Gasteiger partial charge >= 0.3 is 0 Å². The van der Waals surface area contributed by atoms with E-state index in [9.17, 15) is 24.6 Å². The van der Waals surface area contributed by atoms with E-state index in [1.54, 1.807) is 0 Å². The molecule has 0 spiro atoms. The van der Waals surface area contributed by atoms with Crippen LogP contribution in [0.25, 0.3) is 0 Å². The molecule has 196 valence electrons. The van der Waals surface area contributed by atoms with E-state index in [0.29, 0.717) is 37.5 Å². The van der Waals surface area contributed by atoms with Crippen molar-refractivity contribution in [3.8, 4) is 0 Å². The van der Waals surface area contributed by atoms with Gasteiger partial charge in [0.15, 0.2) is 5.13 Å². The van der Waals surface area contributed by atoms with Gasteiger partial charge in [-0.05, 0) is 30.6 Å². The van der Waals surface area contributed by atoms with Gasteiger partial charge in [-0.3, -0.25) is 14.4 Å². The largest absolute Gasteiger partial charge is 0.396 e. The summed E-state index contributed by atoms with van der Waals surface area (Å²) in [4.78, 5) is 42.5. The maximum atomic E-state index is 13.0. The number of nitrogens with zero attached hydrogens (tertiary/aromatic N) is 1. The lowest BCUT2D eigenvalue weighted by Gasteiger charge is -2.58. The Bertz CT molecular complexity index is 974. The van der Waals surface area contributed by atoms with Crippen molar-refractivity contribution in [2.75, 3.05) is 25.0 Å². The Kier molecular flexibility index (Phi) is 7.98. The van der Waals surface area contributed by atoms with Crippen molar-refractivity contribution >= 4 is 34.2 Å². The fraction of sp³-hybridized carbons (Fsp3) is 0.760. The van der Waals surface area contributed by atoms with Gasteiger partial charge in [-0.2, -0.15) is 0 Å². The minimum atomic E-state index is -0.705. The smallest absolute Gasteiger partial charge is 0.231 e. The van der Waals surface area contributed by atoms with Crippen LogP contribution in [0.15, 0.2) is 0 Å². The van der Waals surface area contributed by atoms with Crippen LogP contribution in [-0.2, 0) is 20.8 Å². The summed E-state index contributed by atoms with van der Waals surface area (Å²) in [7, 11) is 0. The second-order valence-electron chi connectivity index (χ2n) is 11.6. The van der Waals surface area contributed by atoms with Crippen molar-refractivity contribution in [3.63, 3.8) is 0 Å². The molecule has 3 amide bonds. The van der Waals surface area contributed by atoms with Crippen LogP contribution >= 0.6 is 11.3 Å². The first-order valence-electron chi connectivity index (χ1n) is 12.3. The highest BCUT2D eigenvalue weighted by Crippen LogP contribution is 2.62. The first-order chi connectivity index (χ1) is 16.2. The summed E-state index contributed by atoms with van der Waals surface area (Å²) in [5.41, 5.74) is -0.813. The number of amides is 3. The molecule has 9 nitrogen and oxygen atoms in total. The van der Waals surface area contributed by atoms with Gasteiger partial charge in [-0.25, -0.2) is 4.98 Å². The summed E-state index contributed by atoms with van der Waals surface area (Å²) in [6.07, 6.45) is 1.45. The van der Waals surface area contributed by atoms with Crippen LogP contribution in [0.4, 0.5) is 5.13 Å². The van der Waals surface area contributed by atoms with Crippen molar-refractivity contribution in [2.45, 2.75) is 79.2 Å². The minimum absolute atomic E-state index is 0.0555. The van der Waals surface area contributed by atoms with Crippen LogP contribution in [0.3, 0.4) is 0 Å². The monoisotopic (exact) mass is 508 g/mol. The number of fused-ring (bicyclic) bond motifs is 2. The van der Waals surface area contributed by atoms with Crippen LogP contribution in [0.2, 0.25) is 0 Å². The maximum Gasteiger partial charge on any atom is 0.231 e. The maximum absolute atomic E-state index is 13.0. The molecule has 35 heavy (non-hydrogen) atoms. The molecule has 0 aromatic carbocycles. The number of anilines is 1. The lowest BCUT2D eigenvalue weighted by Crippen LogP contribution is -2.57. The number of aliphatic hydroxyl groups is 2. The van der Waals surface area contributed by atoms with E-state index in [2.05, 4.69) is 22.9 Å². The Hall–Kier alpha value is -2.04. The fourth-order valence-corrected chi connectivity index (χ4v) is 6.75. The van der Waals surface area contributed by atoms with Crippen LogP contribution in [0.1, 0.15) is 77.3 Å². The molecule has 5 N–H and O–H groups in total. The van der Waals surface area contributed by atoms with E-state index in [1.165, 1.54) is 18.3 Å². The average molecular weight is 509 g/mol. The normalized spacial score (nSPS) is 30.1. The van der Waals surface area contributed by atoms with E-state index < -0.39 is 16.9 Å². The zero-order valence-corrected chi connectivity index (χ0v) is 22.5. The Balaban J connectivity index is 1.93. The van der Waals surface area contributed by atoms with Crippen LogP contribution in [0.5, 0.6) is 0 Å². The van der Waals surface area contributed by atoms with Crippen LogP contribution in [0, 0.1) is 22.2 Å². The van der Waals surface area contributed by atoms with E-state index in [0.717, 1.165) is 10.6 Å². The van der Waals surface area contributed by atoms with Gasteiger partial charge in [-0.15, -0.1) is 11.3 Å². The molecule has 2 aliphatic rings. The molecule has 0 aliphatic heterocycles. The second kappa shape index (κ2) is 10.1. The number of hydrogen-bond donors (Lipinski definition) is 5. The fourth-order valence-electron chi connectivity index (χ4n) is 5.68. The predicted octanol–water partition coefficient (Wildman–Crippen LogP) is 2.19. The molecule has 1 saturated carbocycles. The summed E-state index contributed by atoms with van der Waals surface area (Å²) >= 11 is 1.42. The summed E-state index contributed by atoms with van der Waals surface area (Å²) < 4.78 is 0. The van der Waals surface area contributed by atoms with Gasteiger partial charge in [0, 0.05) is 48.1 Å². The van der Waals surface area contributed by atoms with Crippen molar-refractivity contribution in [3.05, 3.63) is 10.6 Å². The zero-order chi connectivity index (χ0) is 26.2. The third kappa shape index (κ3) is 5.54. The SMILES string of the molecule is CC(=O)NCCNC(=O)CC1c2nc(NC(=O)C(C)(C)C)sc2CC2C(C)(CO)C(O)CCC12C. The van der Waals surface area contributed by atoms with Crippen molar-refractivity contribution < 1.29 is 24.6 Å². The quantitative estimate of drug-likeness (QED) is 0.358. The molecular weight excluding hydrogens is 468 g/mol. The highest BCUT2D eigenvalue weighted by Gasteiger charge is 2.59. The van der Waals surface area contributed by atoms with Crippen LogP contribution < -0.4 is 16.0 Å². The molecule has 5 atom stereocenters. The third-order valence-corrected chi connectivity index (χ3v) is 9.01. The number of rotatable bonds is 7. The lowest BCUT2D eigenvalue weighted by atomic mass is 9.47. The molecule has 1 heterocycles. The van der Waals surface area contributed by atoms with Gasteiger partial charge in [0.05, 0.1) is 18.4 Å². The number of nitrogens with one attached hydrogen (secondary N) is 3. The molecule has 0 saturated heterocycles. The first-order valence-corrected chi connectivity index (χ1v) is 13.1. The van der Waals surface area contributed by atoms with E-state index in [-0.39, 0.29) is 48.0 Å². The van der Waals surface area contributed by atoms with Crippen LogP contribution in [-0.4, -0.2) is 58.7 Å². The molecule has 1 aromatic rings. The number of thiazole rings is 1. The van der Waals surface area contributed by atoms with Gasteiger partial charge in [0.1, 0.15) is 0 Å². The van der Waals surface area contributed by atoms with Crippen molar-refractivity contribution in [1.29, 1.82) is 0 Å². The summed E-state index contributed by atoms with van der Waals surface area (Å²) in [5, 5.41) is 30.2. The van der Waals surface area contributed by atoms with Gasteiger partial charge < -0.3 is 26.2 Å². The summed E-state index contributed by atoms with van der Waals surface area (Å²) in [5.74, 6) is -0.705. The molecule has 1 aromatic heterocycles. The third-order valence-electron chi connectivity index (χ3n) is 8.01. The summed E-state index contributed by atoms with van der Waals surface area (Å²) in [6, 6.07) is 0. The van der Waals surface area contributed by atoms with Gasteiger partial charge in [0.25, 0.3) is 0 Å². The molecule has 5 unspecified atom stereocenters. The minimum Gasteiger partial charge on any atom is -0.396 e. The number of carbonyl (C=O) groups is 3. The van der Waals surface area contributed by atoms with Crippen molar-refractivity contribution in [1.82, 2.24) is 15.6 Å². The molecule has 1 fully saturated rings. The molecule has 10 heteroatoms.